The Balaban J connectivity index is 1.79. The molecule has 0 aliphatic heterocycles. The molecule has 28 heavy (non-hydrogen) atoms. The molecule has 12 nitrogen and oxygen atoms in total. The van der Waals surface area contributed by atoms with E-state index in [1.54, 1.807) is 12.4 Å². The van der Waals surface area contributed by atoms with Gasteiger partial charge in [-0.1, -0.05) is 10.4 Å². The summed E-state index contributed by atoms with van der Waals surface area (Å²) in [6, 6.07) is 2.72. The summed E-state index contributed by atoms with van der Waals surface area (Å²) in [7, 11) is 1.54. The van der Waals surface area contributed by atoms with Crippen LogP contribution >= 0.6 is 0 Å². The predicted molar refractivity (Wildman–Crippen MR) is 97.8 cm³/mol. The third-order valence-corrected chi connectivity index (χ3v) is 4.35. The monoisotopic (exact) mass is 383 g/mol. The summed E-state index contributed by atoms with van der Waals surface area (Å²) in [6.07, 6.45) is 3.12. The first-order valence-electron chi connectivity index (χ1n) is 8.58. The number of aromatic nitrogens is 9. The highest BCUT2D eigenvalue weighted by Crippen LogP contribution is 2.14. The minimum Gasteiger partial charge on any atom is -0.383 e. The van der Waals surface area contributed by atoms with Crippen LogP contribution in [0.5, 0.6) is 0 Å². The molecular formula is C16H17N9O3. The van der Waals surface area contributed by atoms with Crippen LogP contribution < -0.4 is 11.1 Å². The van der Waals surface area contributed by atoms with Crippen molar-refractivity contribution < 1.29 is 4.74 Å². The van der Waals surface area contributed by atoms with Crippen LogP contribution in [0.25, 0.3) is 21.8 Å². The fourth-order valence-corrected chi connectivity index (χ4v) is 2.89. The number of hydrogen-bond acceptors (Lipinski definition) is 9. The molecule has 12 heteroatoms. The summed E-state index contributed by atoms with van der Waals surface area (Å²) in [5, 5.41) is 24.8. The first-order chi connectivity index (χ1) is 13.6. The summed E-state index contributed by atoms with van der Waals surface area (Å²) < 4.78 is 7.45. The second kappa shape index (κ2) is 7.23. The third-order valence-electron chi connectivity index (χ3n) is 4.35. The van der Waals surface area contributed by atoms with Crippen molar-refractivity contribution >= 4 is 21.8 Å². The molecule has 1 unspecified atom stereocenters. The number of ether oxygens (including phenoxy) is 1. The van der Waals surface area contributed by atoms with Crippen LogP contribution in [0.15, 0.2) is 34.1 Å². The zero-order chi connectivity index (χ0) is 19.7. The number of hydrogen-bond donors (Lipinski definition) is 0. The highest BCUT2D eigenvalue weighted by atomic mass is 16.5. The molecule has 3 heterocycles. The molecule has 0 bridgehead atoms. The van der Waals surface area contributed by atoms with E-state index in [0.29, 0.717) is 35.0 Å². The van der Waals surface area contributed by atoms with Crippen LogP contribution in [0.1, 0.15) is 13.0 Å². The number of fused-ring (bicyclic) bond motifs is 2. The van der Waals surface area contributed by atoms with E-state index < -0.39 is 0 Å². The topological polar surface area (TPSA) is 136 Å². The van der Waals surface area contributed by atoms with Crippen molar-refractivity contribution in [2.45, 2.75) is 26.1 Å². The van der Waals surface area contributed by atoms with Crippen molar-refractivity contribution in [3.05, 3.63) is 45.2 Å². The summed E-state index contributed by atoms with van der Waals surface area (Å²) in [6.45, 7) is 2.80. The Labute approximate surface area is 157 Å². The molecule has 0 spiro atoms. The van der Waals surface area contributed by atoms with Crippen molar-refractivity contribution in [2.75, 3.05) is 13.7 Å². The molecule has 0 saturated carbocycles. The van der Waals surface area contributed by atoms with E-state index in [1.165, 1.54) is 33.4 Å². The van der Waals surface area contributed by atoms with Gasteiger partial charge in [-0.3, -0.25) is 9.59 Å². The first kappa shape index (κ1) is 17.9. The van der Waals surface area contributed by atoms with E-state index in [4.69, 9.17) is 4.74 Å². The molecular weight excluding hydrogens is 366 g/mol. The molecule has 0 fully saturated rings. The van der Waals surface area contributed by atoms with Gasteiger partial charge in [0.15, 0.2) is 0 Å². The van der Waals surface area contributed by atoms with Gasteiger partial charge in [0.1, 0.15) is 11.0 Å². The van der Waals surface area contributed by atoms with Gasteiger partial charge in [0.25, 0.3) is 11.1 Å². The number of rotatable bonds is 6. The van der Waals surface area contributed by atoms with Crippen LogP contribution in [-0.4, -0.2) is 58.7 Å². The van der Waals surface area contributed by atoms with E-state index in [-0.39, 0.29) is 23.7 Å². The minimum absolute atomic E-state index is 0.280. The quantitative estimate of drug-likeness (QED) is 0.400. The van der Waals surface area contributed by atoms with Crippen LogP contribution in [0, 0.1) is 0 Å². The van der Waals surface area contributed by atoms with Gasteiger partial charge in [-0.05, 0) is 19.1 Å². The van der Waals surface area contributed by atoms with Gasteiger partial charge in [0, 0.05) is 7.11 Å². The van der Waals surface area contributed by atoms with E-state index >= 15 is 0 Å². The number of benzene rings is 1. The van der Waals surface area contributed by atoms with Crippen LogP contribution in [0.4, 0.5) is 0 Å². The Bertz CT molecular complexity index is 1250. The average molecular weight is 383 g/mol. The maximum Gasteiger partial charge on any atom is 0.277 e. The van der Waals surface area contributed by atoms with Gasteiger partial charge in [0.2, 0.25) is 0 Å². The Hall–Kier alpha value is -3.54. The van der Waals surface area contributed by atoms with E-state index in [2.05, 4.69) is 30.8 Å². The molecule has 1 atom stereocenters. The molecule has 1 aromatic carbocycles. The lowest BCUT2D eigenvalue weighted by Crippen LogP contribution is -2.30. The molecule has 3 aromatic heterocycles. The third kappa shape index (κ3) is 3.13. The van der Waals surface area contributed by atoms with Gasteiger partial charge in [-0.15, -0.1) is 10.2 Å². The summed E-state index contributed by atoms with van der Waals surface area (Å²) >= 11 is 0. The largest absolute Gasteiger partial charge is 0.383 e. The van der Waals surface area contributed by atoms with E-state index in [9.17, 15) is 9.59 Å². The summed E-state index contributed by atoms with van der Waals surface area (Å²) in [4.78, 5) is 26.9. The van der Waals surface area contributed by atoms with Crippen molar-refractivity contribution in [3.63, 3.8) is 0 Å². The van der Waals surface area contributed by atoms with Crippen LogP contribution in [0.2, 0.25) is 0 Å². The number of nitrogens with zero attached hydrogens (tertiary/aromatic N) is 9. The lowest BCUT2D eigenvalue weighted by molar-refractivity contribution is 0.181. The van der Waals surface area contributed by atoms with Gasteiger partial charge in [-0.25, -0.2) is 9.36 Å². The molecule has 0 N–H and O–H groups in total. The lowest BCUT2D eigenvalue weighted by atomic mass is 10.2. The van der Waals surface area contributed by atoms with Crippen molar-refractivity contribution in [3.8, 4) is 0 Å². The molecule has 4 rings (SSSR count). The molecule has 0 saturated heterocycles. The zero-order valence-corrected chi connectivity index (χ0v) is 15.3. The highest BCUT2D eigenvalue weighted by molar-refractivity contribution is 5.93. The molecule has 0 aliphatic rings. The van der Waals surface area contributed by atoms with E-state index in [0.717, 1.165) is 0 Å². The minimum atomic E-state index is -0.336. The highest BCUT2D eigenvalue weighted by Gasteiger charge is 2.15. The fraction of sp³-hybridized carbons (Fsp3) is 0.375. The maximum absolute atomic E-state index is 12.9. The Morgan fingerprint density at radius 1 is 1.00 bits per heavy atom. The Morgan fingerprint density at radius 3 is 2.32 bits per heavy atom. The van der Waals surface area contributed by atoms with Crippen LogP contribution in [-0.2, 0) is 17.8 Å². The van der Waals surface area contributed by atoms with Crippen LogP contribution in [0.3, 0.4) is 0 Å². The summed E-state index contributed by atoms with van der Waals surface area (Å²) in [5.74, 6) is 0. The van der Waals surface area contributed by atoms with Gasteiger partial charge < -0.3 is 4.74 Å². The maximum atomic E-state index is 12.9. The molecule has 144 valence electrons. The van der Waals surface area contributed by atoms with Crippen molar-refractivity contribution in [1.82, 2.24) is 45.0 Å². The average Bonchev–Trinajstić information content (AvgIpc) is 3.20. The standard InChI is InChI=1S/C16H17N9O3/c1-10(9-24-17-3-4-18-24)25-16(27)12-8-13-11(7-14(12)20-22-25)15(26)23(21-19-13)5-6-28-2/h3-4,7-8,10H,5-6,9H2,1-2H3. The summed E-state index contributed by atoms with van der Waals surface area (Å²) in [5.41, 5.74) is -0.0178. The lowest BCUT2D eigenvalue weighted by Gasteiger charge is -2.12. The van der Waals surface area contributed by atoms with Gasteiger partial charge in [0.05, 0.1) is 48.9 Å². The van der Waals surface area contributed by atoms with Crippen molar-refractivity contribution in [1.29, 1.82) is 0 Å². The Kier molecular flexibility index (Phi) is 4.61. The normalized spacial score (nSPS) is 12.6. The second-order valence-corrected chi connectivity index (χ2v) is 6.27. The van der Waals surface area contributed by atoms with Gasteiger partial charge in [-0.2, -0.15) is 15.0 Å². The molecule has 0 amide bonds. The predicted octanol–water partition coefficient (Wildman–Crippen LogP) is -0.604. The smallest absolute Gasteiger partial charge is 0.277 e. The molecule has 0 radical (unpaired) electrons. The molecule has 4 aromatic rings. The number of methoxy groups -OCH3 is 1. The van der Waals surface area contributed by atoms with E-state index in [1.807, 2.05) is 6.92 Å². The SMILES string of the molecule is COCCn1nnc2cc3c(=O)n(C(C)Cn4nccn4)nnc3cc2c1=O. The zero-order valence-electron chi connectivity index (χ0n) is 15.3. The van der Waals surface area contributed by atoms with Crippen molar-refractivity contribution in [2.24, 2.45) is 0 Å². The fourth-order valence-electron chi connectivity index (χ4n) is 2.89. The second-order valence-electron chi connectivity index (χ2n) is 6.27. The first-order valence-corrected chi connectivity index (χ1v) is 8.58. The van der Waals surface area contributed by atoms with Gasteiger partial charge >= 0.3 is 0 Å². The molecule has 0 aliphatic carbocycles. The Morgan fingerprint density at radius 2 is 1.64 bits per heavy atom.